The number of nitrogens with zero attached hydrogens (tertiary/aromatic N) is 2. The molecule has 1 aromatic heterocycles. The second kappa shape index (κ2) is 1.87. The van der Waals surface area contributed by atoms with E-state index in [2.05, 4.69) is 9.55 Å². The first-order valence-corrected chi connectivity index (χ1v) is 3.24. The summed E-state index contributed by atoms with van der Waals surface area (Å²) in [4.78, 5) is 3.95. The molecule has 0 amide bonds. The van der Waals surface area contributed by atoms with Gasteiger partial charge in [0.05, 0.1) is 6.33 Å². The van der Waals surface area contributed by atoms with E-state index in [1.165, 1.54) is 12.8 Å². The van der Waals surface area contributed by atoms with Crippen molar-refractivity contribution in [3.63, 3.8) is 0 Å². The average molecular weight is 121 g/mol. The van der Waals surface area contributed by atoms with Gasteiger partial charge in [0.1, 0.15) is 0 Å². The largest absolute Gasteiger partial charge is 0.337 e. The molecule has 1 radical (unpaired) electrons. The highest BCUT2D eigenvalue weighted by molar-refractivity contribution is 5.05. The number of hydrogen-bond acceptors (Lipinski definition) is 1. The van der Waals surface area contributed by atoms with Crippen LogP contribution in [0.4, 0.5) is 0 Å². The molecule has 0 atom stereocenters. The highest BCUT2D eigenvalue weighted by Crippen LogP contribution is 2.32. The quantitative estimate of drug-likeness (QED) is 0.575. The lowest BCUT2D eigenvalue weighted by atomic mass is 10.4. The first-order chi connectivity index (χ1) is 4.45. The first kappa shape index (κ1) is 5.03. The minimum Gasteiger partial charge on any atom is -0.337 e. The molecule has 9 heavy (non-hydrogen) atoms. The molecule has 1 aliphatic rings. The molecule has 0 unspecified atom stereocenters. The third-order valence-corrected chi connectivity index (χ3v) is 1.57. The normalized spacial score (nSPS) is 18.2. The summed E-state index contributed by atoms with van der Waals surface area (Å²) in [5.74, 6) is 1.65. The molecule has 1 saturated carbocycles. The fourth-order valence-corrected chi connectivity index (χ4v) is 0.885. The second-order valence-electron chi connectivity index (χ2n) is 2.49. The van der Waals surface area contributed by atoms with Crippen LogP contribution in [0.3, 0.4) is 0 Å². The summed E-state index contributed by atoms with van der Waals surface area (Å²) in [6.07, 6.45) is 8.36. The summed E-state index contributed by atoms with van der Waals surface area (Å²) < 4.78 is 2.11. The molecule has 47 valence electrons. The van der Waals surface area contributed by atoms with Crippen molar-refractivity contribution in [2.24, 2.45) is 0 Å². The van der Waals surface area contributed by atoms with E-state index in [9.17, 15) is 0 Å². The molecule has 1 aromatic rings. The Morgan fingerprint density at radius 3 is 3.00 bits per heavy atom. The van der Waals surface area contributed by atoms with E-state index < -0.39 is 0 Å². The van der Waals surface area contributed by atoms with E-state index in [0.717, 1.165) is 6.54 Å². The van der Waals surface area contributed by atoms with E-state index in [-0.39, 0.29) is 0 Å². The Kier molecular flexibility index (Phi) is 1.04. The molecule has 1 heterocycles. The first-order valence-electron chi connectivity index (χ1n) is 3.24. The summed E-state index contributed by atoms with van der Waals surface area (Å²) in [7, 11) is 0. The molecule has 0 saturated heterocycles. The molecule has 0 N–H and O–H groups in total. The van der Waals surface area contributed by atoms with E-state index >= 15 is 0 Å². The van der Waals surface area contributed by atoms with Crippen molar-refractivity contribution >= 4 is 0 Å². The SMILES string of the molecule is c1cn(C[C]2CC2)cn1. The zero-order chi connectivity index (χ0) is 6.10. The number of aromatic nitrogens is 2. The van der Waals surface area contributed by atoms with E-state index in [1.54, 1.807) is 5.92 Å². The maximum absolute atomic E-state index is 3.95. The minimum absolute atomic E-state index is 1.10. The van der Waals surface area contributed by atoms with Gasteiger partial charge in [-0.3, -0.25) is 0 Å². The van der Waals surface area contributed by atoms with Gasteiger partial charge in [-0.05, 0) is 18.8 Å². The summed E-state index contributed by atoms with van der Waals surface area (Å²) >= 11 is 0. The molecule has 2 heteroatoms. The van der Waals surface area contributed by atoms with Crippen LogP contribution in [0.25, 0.3) is 0 Å². The van der Waals surface area contributed by atoms with Gasteiger partial charge in [0.15, 0.2) is 0 Å². The van der Waals surface area contributed by atoms with E-state index in [1.807, 2.05) is 18.7 Å². The second-order valence-corrected chi connectivity index (χ2v) is 2.49. The van der Waals surface area contributed by atoms with Crippen molar-refractivity contribution in [2.75, 3.05) is 0 Å². The molecule has 0 aromatic carbocycles. The Morgan fingerprint density at radius 1 is 1.56 bits per heavy atom. The molecular formula is C7H9N2. The smallest absolute Gasteiger partial charge is 0.0946 e. The van der Waals surface area contributed by atoms with Gasteiger partial charge < -0.3 is 4.57 Å². The highest BCUT2D eigenvalue weighted by atomic mass is 15.0. The average Bonchev–Trinajstić information content (AvgIpc) is 2.46. The zero-order valence-corrected chi connectivity index (χ0v) is 5.25. The van der Waals surface area contributed by atoms with Crippen LogP contribution in [0, 0.1) is 5.92 Å². The van der Waals surface area contributed by atoms with Crippen LogP contribution in [-0.4, -0.2) is 9.55 Å². The summed E-state index contributed by atoms with van der Waals surface area (Å²) in [5, 5.41) is 0. The lowest BCUT2D eigenvalue weighted by molar-refractivity contribution is 0.763. The lowest BCUT2D eigenvalue weighted by Gasteiger charge is -1.95. The van der Waals surface area contributed by atoms with Crippen LogP contribution in [0.5, 0.6) is 0 Å². The van der Waals surface area contributed by atoms with E-state index in [0.29, 0.717) is 0 Å². The Labute approximate surface area is 54.5 Å². The maximum Gasteiger partial charge on any atom is 0.0946 e. The van der Waals surface area contributed by atoms with Crippen molar-refractivity contribution in [1.82, 2.24) is 9.55 Å². The molecular weight excluding hydrogens is 112 g/mol. The molecule has 2 nitrogen and oxygen atoms in total. The monoisotopic (exact) mass is 121 g/mol. The Morgan fingerprint density at radius 2 is 2.44 bits per heavy atom. The number of imidazole rings is 1. The van der Waals surface area contributed by atoms with Crippen molar-refractivity contribution in [3.05, 3.63) is 24.6 Å². The summed E-state index contributed by atoms with van der Waals surface area (Å²) in [5.41, 5.74) is 0. The molecule has 1 fully saturated rings. The Bertz CT molecular complexity index is 175. The van der Waals surface area contributed by atoms with Gasteiger partial charge in [0.25, 0.3) is 0 Å². The van der Waals surface area contributed by atoms with Gasteiger partial charge in [0.2, 0.25) is 0 Å². The highest BCUT2D eigenvalue weighted by Gasteiger charge is 2.21. The van der Waals surface area contributed by atoms with Crippen LogP contribution in [0.15, 0.2) is 18.7 Å². The molecule has 0 spiro atoms. The standard InChI is InChI=1S/C7H9N2/c1-2-7(1)5-9-4-3-8-6-9/h3-4,6H,1-2,5H2. The fourth-order valence-electron chi connectivity index (χ4n) is 0.885. The van der Waals surface area contributed by atoms with Crippen LogP contribution in [0.2, 0.25) is 0 Å². The van der Waals surface area contributed by atoms with Crippen LogP contribution in [0.1, 0.15) is 12.8 Å². The van der Waals surface area contributed by atoms with Crippen molar-refractivity contribution < 1.29 is 0 Å². The predicted octanol–water partition coefficient (Wildman–Crippen LogP) is 1.25. The van der Waals surface area contributed by atoms with Crippen LogP contribution < -0.4 is 0 Å². The van der Waals surface area contributed by atoms with Gasteiger partial charge in [0, 0.05) is 18.9 Å². The summed E-state index contributed by atoms with van der Waals surface area (Å²) in [6.45, 7) is 1.10. The zero-order valence-electron chi connectivity index (χ0n) is 5.25. The van der Waals surface area contributed by atoms with Gasteiger partial charge in [-0.15, -0.1) is 0 Å². The van der Waals surface area contributed by atoms with Crippen LogP contribution in [-0.2, 0) is 6.54 Å². The molecule has 1 aliphatic carbocycles. The van der Waals surface area contributed by atoms with Gasteiger partial charge in [-0.1, -0.05) is 0 Å². The van der Waals surface area contributed by atoms with Crippen molar-refractivity contribution in [1.29, 1.82) is 0 Å². The minimum atomic E-state index is 1.10. The topological polar surface area (TPSA) is 17.8 Å². The number of rotatable bonds is 2. The molecule has 0 bridgehead atoms. The number of hydrogen-bond donors (Lipinski definition) is 0. The van der Waals surface area contributed by atoms with Gasteiger partial charge in [-0.25, -0.2) is 4.98 Å². The summed E-state index contributed by atoms with van der Waals surface area (Å²) in [6, 6.07) is 0. The third kappa shape index (κ3) is 1.12. The predicted molar refractivity (Wildman–Crippen MR) is 34.7 cm³/mol. The van der Waals surface area contributed by atoms with E-state index in [4.69, 9.17) is 0 Å². The van der Waals surface area contributed by atoms with Crippen molar-refractivity contribution in [3.8, 4) is 0 Å². The molecule has 0 aliphatic heterocycles. The fraction of sp³-hybridized carbons (Fsp3) is 0.429. The lowest BCUT2D eigenvalue weighted by Crippen LogP contribution is -1.93. The maximum atomic E-state index is 3.95. The Balaban J connectivity index is 1.99. The van der Waals surface area contributed by atoms with Crippen LogP contribution >= 0.6 is 0 Å². The molecule has 2 rings (SSSR count). The van der Waals surface area contributed by atoms with Gasteiger partial charge >= 0.3 is 0 Å². The third-order valence-electron chi connectivity index (χ3n) is 1.57. The Hall–Kier alpha value is -0.790. The van der Waals surface area contributed by atoms with Crippen molar-refractivity contribution in [2.45, 2.75) is 19.4 Å². The van der Waals surface area contributed by atoms with Gasteiger partial charge in [-0.2, -0.15) is 0 Å².